The summed E-state index contributed by atoms with van der Waals surface area (Å²) in [7, 11) is 0. The summed E-state index contributed by atoms with van der Waals surface area (Å²) in [6.07, 6.45) is 6.22. The van der Waals surface area contributed by atoms with Crippen LogP contribution in [0, 0.1) is 0 Å². The van der Waals surface area contributed by atoms with E-state index in [9.17, 15) is 4.79 Å². The van der Waals surface area contributed by atoms with Crippen molar-refractivity contribution in [2.24, 2.45) is 0 Å². The summed E-state index contributed by atoms with van der Waals surface area (Å²) in [5.41, 5.74) is 1.73. The van der Waals surface area contributed by atoms with Crippen molar-refractivity contribution in [2.75, 3.05) is 49.6 Å². The quantitative estimate of drug-likeness (QED) is 0.803. The van der Waals surface area contributed by atoms with Crippen molar-refractivity contribution in [1.29, 1.82) is 0 Å². The Morgan fingerprint density at radius 2 is 2.00 bits per heavy atom. The van der Waals surface area contributed by atoms with Gasteiger partial charge >= 0.3 is 6.03 Å². The Morgan fingerprint density at radius 3 is 2.80 bits per heavy atom. The molecule has 0 spiro atoms. The fraction of sp³-hybridized carbons (Fsp3) is 0.571. The maximum atomic E-state index is 13.1. The molecule has 8 nitrogen and oxygen atoms in total. The first-order chi connectivity index (χ1) is 14.7. The molecule has 5 rings (SSSR count). The molecular weight excluding hydrogens is 404 g/mol. The van der Waals surface area contributed by atoms with E-state index in [0.717, 1.165) is 49.7 Å². The predicted molar refractivity (Wildman–Crippen MR) is 115 cm³/mol. The average Bonchev–Trinajstić information content (AvgIpc) is 3.50. The number of ether oxygens (including phenoxy) is 1. The number of carbonyl (C=O) groups excluding carboxylic acids is 1. The SMILES string of the molecule is O=C(Nc1cc(Cl)ccc1N1CCOCC1)N1CCCC(c2nncn2C2CC2)C1. The number of nitrogens with one attached hydrogen (secondary N) is 1. The van der Waals surface area contributed by atoms with E-state index in [1.807, 2.05) is 29.4 Å². The van der Waals surface area contributed by atoms with Crippen LogP contribution in [0.5, 0.6) is 0 Å². The summed E-state index contributed by atoms with van der Waals surface area (Å²) in [6.45, 7) is 4.37. The number of aromatic nitrogens is 3. The number of amides is 2. The van der Waals surface area contributed by atoms with Gasteiger partial charge in [-0.2, -0.15) is 0 Å². The van der Waals surface area contributed by atoms with E-state index in [1.54, 1.807) is 0 Å². The van der Waals surface area contributed by atoms with E-state index in [1.165, 1.54) is 12.8 Å². The van der Waals surface area contributed by atoms with Gasteiger partial charge in [-0.05, 0) is 43.9 Å². The van der Waals surface area contributed by atoms with E-state index < -0.39 is 0 Å². The number of nitrogens with zero attached hydrogens (tertiary/aromatic N) is 5. The summed E-state index contributed by atoms with van der Waals surface area (Å²) in [4.78, 5) is 17.3. The Balaban J connectivity index is 1.30. The molecule has 2 saturated heterocycles. The fourth-order valence-electron chi connectivity index (χ4n) is 4.43. The van der Waals surface area contributed by atoms with E-state index in [-0.39, 0.29) is 11.9 Å². The first-order valence-electron chi connectivity index (χ1n) is 10.8. The third-order valence-corrected chi connectivity index (χ3v) is 6.40. The minimum absolute atomic E-state index is 0.0889. The van der Waals surface area contributed by atoms with Crippen molar-refractivity contribution in [2.45, 2.75) is 37.6 Å². The van der Waals surface area contributed by atoms with Gasteiger partial charge in [0, 0.05) is 43.2 Å². The van der Waals surface area contributed by atoms with Gasteiger partial charge in [0.2, 0.25) is 0 Å². The molecular formula is C21H27ClN6O2. The lowest BCUT2D eigenvalue weighted by Crippen LogP contribution is -2.42. The number of benzene rings is 1. The summed E-state index contributed by atoms with van der Waals surface area (Å²) >= 11 is 6.24. The molecule has 9 heteroatoms. The molecule has 3 heterocycles. The first-order valence-corrected chi connectivity index (χ1v) is 11.1. The number of carbonyl (C=O) groups is 1. The highest BCUT2D eigenvalue weighted by atomic mass is 35.5. The maximum absolute atomic E-state index is 13.1. The van der Waals surface area contributed by atoms with Gasteiger partial charge in [0.05, 0.1) is 24.6 Å². The zero-order chi connectivity index (χ0) is 20.5. The molecule has 1 aromatic heterocycles. The number of halogens is 1. The minimum Gasteiger partial charge on any atom is -0.378 e. The van der Waals surface area contributed by atoms with Crippen LogP contribution in [0.3, 0.4) is 0 Å². The molecule has 0 radical (unpaired) electrons. The molecule has 2 amide bonds. The highest BCUT2D eigenvalue weighted by Gasteiger charge is 2.32. The molecule has 3 fully saturated rings. The van der Waals surface area contributed by atoms with E-state index in [2.05, 4.69) is 25.0 Å². The summed E-state index contributed by atoms with van der Waals surface area (Å²) in [6, 6.07) is 6.12. The molecule has 1 saturated carbocycles. The van der Waals surface area contributed by atoms with Gasteiger partial charge in [-0.3, -0.25) is 0 Å². The van der Waals surface area contributed by atoms with Crippen LogP contribution in [0.25, 0.3) is 0 Å². The molecule has 1 atom stereocenters. The molecule has 1 aliphatic carbocycles. The van der Waals surface area contributed by atoms with Crippen LogP contribution in [0.4, 0.5) is 16.2 Å². The van der Waals surface area contributed by atoms with Crippen molar-refractivity contribution in [3.8, 4) is 0 Å². The number of hydrogen-bond donors (Lipinski definition) is 1. The van der Waals surface area contributed by atoms with E-state index >= 15 is 0 Å². The Morgan fingerprint density at radius 1 is 1.17 bits per heavy atom. The molecule has 2 aliphatic heterocycles. The molecule has 0 bridgehead atoms. The lowest BCUT2D eigenvalue weighted by Gasteiger charge is -2.34. The Bertz CT molecular complexity index is 909. The van der Waals surface area contributed by atoms with Crippen LogP contribution in [0.15, 0.2) is 24.5 Å². The number of anilines is 2. The van der Waals surface area contributed by atoms with Gasteiger partial charge in [0.1, 0.15) is 12.2 Å². The fourth-order valence-corrected chi connectivity index (χ4v) is 4.61. The van der Waals surface area contributed by atoms with Gasteiger partial charge in [0.25, 0.3) is 0 Å². The second-order valence-corrected chi connectivity index (χ2v) is 8.74. The number of likely N-dealkylation sites (tertiary alicyclic amines) is 1. The van der Waals surface area contributed by atoms with Gasteiger partial charge in [-0.25, -0.2) is 4.79 Å². The van der Waals surface area contributed by atoms with Crippen LogP contribution in [0.2, 0.25) is 5.02 Å². The third-order valence-electron chi connectivity index (χ3n) is 6.17. The Hall–Kier alpha value is -2.32. The standard InChI is InChI=1S/C21H27ClN6O2/c22-16-3-6-19(26-8-10-30-11-9-26)18(12-16)24-21(29)27-7-1-2-15(13-27)20-25-23-14-28(20)17-4-5-17/h3,6,12,14-15,17H,1-2,4-5,7-11,13H2,(H,24,29). The van der Waals surface area contributed by atoms with Crippen molar-refractivity contribution in [3.05, 3.63) is 35.4 Å². The van der Waals surface area contributed by atoms with Crippen molar-refractivity contribution < 1.29 is 9.53 Å². The van der Waals surface area contributed by atoms with Gasteiger partial charge < -0.3 is 24.4 Å². The van der Waals surface area contributed by atoms with Crippen LogP contribution in [-0.4, -0.2) is 65.1 Å². The smallest absolute Gasteiger partial charge is 0.321 e. The van der Waals surface area contributed by atoms with Crippen molar-refractivity contribution in [1.82, 2.24) is 19.7 Å². The molecule has 1 unspecified atom stereocenters. The highest BCUT2D eigenvalue weighted by molar-refractivity contribution is 6.31. The maximum Gasteiger partial charge on any atom is 0.321 e. The molecule has 30 heavy (non-hydrogen) atoms. The second-order valence-electron chi connectivity index (χ2n) is 8.30. The lowest BCUT2D eigenvalue weighted by molar-refractivity contribution is 0.123. The number of rotatable bonds is 4. The summed E-state index contributed by atoms with van der Waals surface area (Å²) < 4.78 is 7.67. The highest BCUT2D eigenvalue weighted by Crippen LogP contribution is 2.38. The van der Waals surface area contributed by atoms with Crippen LogP contribution in [-0.2, 0) is 4.74 Å². The Kier molecular flexibility index (Phi) is 5.52. The summed E-state index contributed by atoms with van der Waals surface area (Å²) in [5.74, 6) is 1.25. The average molecular weight is 431 g/mol. The second kappa shape index (κ2) is 8.43. The molecule has 1 aromatic carbocycles. The van der Waals surface area contributed by atoms with Crippen LogP contribution in [0.1, 0.15) is 43.5 Å². The predicted octanol–water partition coefficient (Wildman–Crippen LogP) is 3.51. The topological polar surface area (TPSA) is 75.5 Å². The van der Waals surface area contributed by atoms with Crippen molar-refractivity contribution in [3.63, 3.8) is 0 Å². The van der Waals surface area contributed by atoms with Crippen LogP contribution < -0.4 is 10.2 Å². The monoisotopic (exact) mass is 430 g/mol. The molecule has 3 aliphatic rings. The number of urea groups is 1. The largest absolute Gasteiger partial charge is 0.378 e. The van der Waals surface area contributed by atoms with Gasteiger partial charge in [-0.1, -0.05) is 11.6 Å². The normalized spacial score (nSPS) is 22.2. The minimum atomic E-state index is -0.0889. The number of piperidine rings is 1. The van der Waals surface area contributed by atoms with E-state index in [0.29, 0.717) is 30.8 Å². The van der Waals surface area contributed by atoms with Gasteiger partial charge in [-0.15, -0.1) is 10.2 Å². The van der Waals surface area contributed by atoms with Crippen molar-refractivity contribution >= 4 is 29.0 Å². The Labute approximate surface area is 181 Å². The number of morpholine rings is 1. The van der Waals surface area contributed by atoms with Gasteiger partial charge in [0.15, 0.2) is 0 Å². The molecule has 1 N–H and O–H groups in total. The third kappa shape index (κ3) is 4.11. The zero-order valence-electron chi connectivity index (χ0n) is 17.0. The molecule has 2 aromatic rings. The lowest BCUT2D eigenvalue weighted by atomic mass is 9.97. The first kappa shape index (κ1) is 19.6. The number of hydrogen-bond acceptors (Lipinski definition) is 5. The molecule has 160 valence electrons. The van der Waals surface area contributed by atoms with Crippen LogP contribution >= 0.6 is 11.6 Å². The van der Waals surface area contributed by atoms with E-state index in [4.69, 9.17) is 16.3 Å². The zero-order valence-corrected chi connectivity index (χ0v) is 17.7. The summed E-state index contributed by atoms with van der Waals surface area (Å²) in [5, 5.41) is 12.2.